The summed E-state index contributed by atoms with van der Waals surface area (Å²) in [6.45, 7) is 0. The molecule has 0 unspecified atom stereocenters. The number of sulfone groups is 1. The van der Waals surface area contributed by atoms with Crippen molar-refractivity contribution in [2.75, 3.05) is 11.6 Å². The molecule has 3 aromatic rings. The van der Waals surface area contributed by atoms with Crippen molar-refractivity contribution in [1.82, 2.24) is 0 Å². The summed E-state index contributed by atoms with van der Waals surface area (Å²) in [6, 6.07) is 23.5. The highest BCUT2D eigenvalue weighted by Crippen LogP contribution is 2.48. The minimum Gasteiger partial charge on any atom is -0.326 e. The maximum atomic E-state index is 12.6. The number of amides is 1. The van der Waals surface area contributed by atoms with E-state index >= 15 is 0 Å². The molecule has 0 spiro atoms. The molecular weight excluding hydrogens is 396 g/mol. The summed E-state index contributed by atoms with van der Waals surface area (Å²) < 4.78 is 24.1. The first-order chi connectivity index (χ1) is 14.4. The Morgan fingerprint density at radius 1 is 1.03 bits per heavy atom. The molecule has 1 fully saturated rings. The monoisotopic (exact) mass is 416 g/mol. The second-order valence-electron chi connectivity index (χ2n) is 7.52. The summed E-state index contributed by atoms with van der Waals surface area (Å²) in [4.78, 5) is 12.9. The molecule has 0 heterocycles. The Bertz CT molecular complexity index is 1260. The van der Waals surface area contributed by atoms with E-state index in [2.05, 4.69) is 11.4 Å². The van der Waals surface area contributed by atoms with Crippen molar-refractivity contribution in [3.05, 3.63) is 83.9 Å². The average Bonchev–Trinajstić information content (AvgIpc) is 3.55. The van der Waals surface area contributed by atoms with Gasteiger partial charge in [-0.2, -0.15) is 5.26 Å². The molecule has 3 aromatic carbocycles. The van der Waals surface area contributed by atoms with Gasteiger partial charge < -0.3 is 5.32 Å². The van der Waals surface area contributed by atoms with Gasteiger partial charge in [-0.05, 0) is 53.8 Å². The van der Waals surface area contributed by atoms with Crippen LogP contribution in [0.25, 0.3) is 11.1 Å². The molecule has 1 N–H and O–H groups in total. The van der Waals surface area contributed by atoms with Gasteiger partial charge in [0, 0.05) is 23.4 Å². The fourth-order valence-corrected chi connectivity index (χ4v) is 4.60. The third-order valence-electron chi connectivity index (χ3n) is 5.32. The molecule has 1 saturated carbocycles. The number of nitrogens with zero attached hydrogens (tertiary/aromatic N) is 1. The smallest absolute Gasteiger partial charge is 0.228 e. The summed E-state index contributed by atoms with van der Waals surface area (Å²) in [5.74, 6) is -0.0181. The van der Waals surface area contributed by atoms with Crippen molar-refractivity contribution >= 4 is 21.4 Å². The molecule has 0 bridgehead atoms. The molecule has 0 saturated heterocycles. The zero-order chi connectivity index (χ0) is 21.3. The summed E-state index contributed by atoms with van der Waals surface area (Å²) in [6.07, 6.45) is 1.96. The Hall–Kier alpha value is -3.43. The van der Waals surface area contributed by atoms with E-state index in [1.807, 2.05) is 18.2 Å². The van der Waals surface area contributed by atoms with Crippen molar-refractivity contribution in [2.24, 2.45) is 5.92 Å². The Morgan fingerprint density at radius 2 is 1.77 bits per heavy atom. The van der Waals surface area contributed by atoms with Crippen LogP contribution in [0, 0.1) is 17.2 Å². The van der Waals surface area contributed by atoms with E-state index in [1.165, 1.54) is 6.26 Å². The minimum absolute atomic E-state index is 0.0494. The van der Waals surface area contributed by atoms with Crippen LogP contribution in [0.4, 0.5) is 5.69 Å². The normalized spacial score (nSPS) is 17.7. The second kappa shape index (κ2) is 7.77. The van der Waals surface area contributed by atoms with Crippen molar-refractivity contribution in [3.63, 3.8) is 0 Å². The predicted molar refractivity (Wildman–Crippen MR) is 116 cm³/mol. The van der Waals surface area contributed by atoms with Crippen LogP contribution in [0.15, 0.2) is 77.7 Å². The Kier molecular flexibility index (Phi) is 5.15. The highest BCUT2D eigenvalue weighted by atomic mass is 32.2. The van der Waals surface area contributed by atoms with E-state index in [1.54, 1.807) is 54.6 Å². The highest BCUT2D eigenvalue weighted by Gasteiger charge is 2.44. The third-order valence-corrected chi connectivity index (χ3v) is 6.48. The van der Waals surface area contributed by atoms with Crippen molar-refractivity contribution in [2.45, 2.75) is 17.2 Å². The summed E-state index contributed by atoms with van der Waals surface area (Å²) >= 11 is 0. The first-order valence-electron chi connectivity index (χ1n) is 9.57. The number of anilines is 1. The largest absolute Gasteiger partial charge is 0.326 e. The van der Waals surface area contributed by atoms with Gasteiger partial charge in [0.2, 0.25) is 5.91 Å². The lowest BCUT2D eigenvalue weighted by atomic mass is 10.0. The highest BCUT2D eigenvalue weighted by molar-refractivity contribution is 7.90. The summed E-state index contributed by atoms with van der Waals surface area (Å²) in [7, 11) is -3.34. The first kappa shape index (κ1) is 19.9. The van der Waals surface area contributed by atoms with Gasteiger partial charge in [-0.1, -0.05) is 42.5 Å². The lowest BCUT2D eigenvalue weighted by Crippen LogP contribution is -2.14. The zero-order valence-electron chi connectivity index (χ0n) is 16.4. The van der Waals surface area contributed by atoms with Gasteiger partial charge in [0.05, 0.1) is 16.5 Å². The number of hydrogen-bond acceptors (Lipinski definition) is 4. The summed E-state index contributed by atoms with van der Waals surface area (Å²) in [5.41, 5.74) is 3.69. The Balaban J connectivity index is 1.46. The SMILES string of the molecule is CS(=O)(=O)c1ccccc1-c1ccc(NC(=O)[C@@H]2C[C@@H]2c2cccc(C#N)c2)cc1. The number of carbonyl (C=O) groups is 1. The predicted octanol–water partition coefficient (Wildman–Crippen LogP) is 4.37. The Labute approximate surface area is 175 Å². The van der Waals surface area contributed by atoms with Gasteiger partial charge in [0.25, 0.3) is 0 Å². The lowest BCUT2D eigenvalue weighted by molar-refractivity contribution is -0.117. The quantitative estimate of drug-likeness (QED) is 0.669. The Morgan fingerprint density at radius 3 is 2.47 bits per heavy atom. The van der Waals surface area contributed by atoms with Gasteiger partial charge in [-0.3, -0.25) is 4.79 Å². The molecule has 0 aromatic heterocycles. The van der Waals surface area contributed by atoms with Gasteiger partial charge in [0.15, 0.2) is 9.84 Å². The van der Waals surface area contributed by atoms with Crippen LogP contribution in [-0.4, -0.2) is 20.6 Å². The third kappa shape index (κ3) is 4.12. The minimum atomic E-state index is -3.34. The van der Waals surface area contributed by atoms with E-state index in [0.29, 0.717) is 16.8 Å². The summed E-state index contributed by atoms with van der Waals surface area (Å²) in [5, 5.41) is 12.0. The maximum Gasteiger partial charge on any atom is 0.228 e. The topological polar surface area (TPSA) is 87.0 Å². The average molecular weight is 417 g/mol. The van der Waals surface area contributed by atoms with Crippen molar-refractivity contribution < 1.29 is 13.2 Å². The molecule has 1 aliphatic carbocycles. The fourth-order valence-electron chi connectivity index (χ4n) is 3.69. The van der Waals surface area contributed by atoms with Gasteiger partial charge in [0.1, 0.15) is 0 Å². The zero-order valence-corrected chi connectivity index (χ0v) is 17.2. The molecule has 0 aliphatic heterocycles. The molecule has 1 aliphatic rings. The second-order valence-corrected chi connectivity index (χ2v) is 9.51. The number of nitriles is 1. The molecule has 1 amide bonds. The van der Waals surface area contributed by atoms with Crippen LogP contribution in [0.1, 0.15) is 23.5 Å². The van der Waals surface area contributed by atoms with E-state index in [9.17, 15) is 13.2 Å². The molecule has 150 valence electrons. The van der Waals surface area contributed by atoms with E-state index < -0.39 is 9.84 Å². The number of carbonyl (C=O) groups excluding carboxylic acids is 1. The standard InChI is InChI=1S/C24H20N2O3S/c1-30(28,29)23-8-3-2-7-20(23)17-9-11-19(12-10-17)26-24(27)22-14-21(22)18-6-4-5-16(13-18)15-25/h2-13,21-22H,14H2,1H3,(H,26,27)/t21-,22-/m1/s1. The van der Waals surface area contributed by atoms with Crippen LogP contribution >= 0.6 is 0 Å². The van der Waals surface area contributed by atoms with Crippen LogP contribution in [0.5, 0.6) is 0 Å². The number of benzene rings is 3. The molecule has 5 nitrogen and oxygen atoms in total. The number of nitrogens with one attached hydrogen (secondary N) is 1. The van der Waals surface area contributed by atoms with Crippen LogP contribution in [0.2, 0.25) is 0 Å². The molecule has 6 heteroatoms. The van der Waals surface area contributed by atoms with E-state index in [-0.39, 0.29) is 22.6 Å². The maximum absolute atomic E-state index is 12.6. The van der Waals surface area contributed by atoms with E-state index in [4.69, 9.17) is 5.26 Å². The molecule has 0 radical (unpaired) electrons. The van der Waals surface area contributed by atoms with Crippen LogP contribution in [-0.2, 0) is 14.6 Å². The number of rotatable bonds is 5. The lowest BCUT2D eigenvalue weighted by Gasteiger charge is -2.10. The van der Waals surface area contributed by atoms with Gasteiger partial charge in [-0.25, -0.2) is 8.42 Å². The van der Waals surface area contributed by atoms with Crippen molar-refractivity contribution in [3.8, 4) is 17.2 Å². The van der Waals surface area contributed by atoms with E-state index in [0.717, 1.165) is 17.5 Å². The molecular formula is C24H20N2O3S. The number of hydrogen-bond donors (Lipinski definition) is 1. The molecule has 4 rings (SSSR count). The van der Waals surface area contributed by atoms with Gasteiger partial charge >= 0.3 is 0 Å². The first-order valence-corrected chi connectivity index (χ1v) is 11.5. The fraction of sp³-hybridized carbons (Fsp3) is 0.167. The van der Waals surface area contributed by atoms with Crippen LogP contribution < -0.4 is 5.32 Å². The van der Waals surface area contributed by atoms with Crippen molar-refractivity contribution in [1.29, 1.82) is 5.26 Å². The van der Waals surface area contributed by atoms with Crippen LogP contribution in [0.3, 0.4) is 0 Å². The molecule has 2 atom stereocenters. The molecule has 30 heavy (non-hydrogen) atoms. The van der Waals surface area contributed by atoms with Gasteiger partial charge in [-0.15, -0.1) is 0 Å².